The fraction of sp³-hybridized carbons (Fsp3) is 0.458. The number of hydrogen-bond donors (Lipinski definition) is 0. The molecule has 1 saturated carbocycles. The summed E-state index contributed by atoms with van der Waals surface area (Å²) in [5.41, 5.74) is 2.49. The maximum atomic E-state index is 5.96. The van der Waals surface area contributed by atoms with Crippen molar-refractivity contribution >= 4 is 17.4 Å². The van der Waals surface area contributed by atoms with E-state index in [-0.39, 0.29) is 5.41 Å². The summed E-state index contributed by atoms with van der Waals surface area (Å²) in [6.45, 7) is 6.53. The summed E-state index contributed by atoms with van der Waals surface area (Å²) >= 11 is 5.96. The number of rotatable bonds is 5. The molecule has 5 rings (SSSR count). The lowest BCUT2D eigenvalue weighted by Crippen LogP contribution is -2.46. The normalized spacial score (nSPS) is 19.1. The van der Waals surface area contributed by atoms with Gasteiger partial charge < -0.3 is 9.42 Å². The number of benzene rings is 1. The van der Waals surface area contributed by atoms with Crippen LogP contribution < -0.4 is 4.90 Å². The molecule has 3 heterocycles. The maximum Gasteiger partial charge on any atom is 0.240 e. The molecular weight excluding hydrogens is 410 g/mol. The van der Waals surface area contributed by atoms with Gasteiger partial charge in [0.05, 0.1) is 17.0 Å². The zero-order valence-electron chi connectivity index (χ0n) is 17.9. The van der Waals surface area contributed by atoms with Crippen molar-refractivity contribution in [2.24, 2.45) is 0 Å². The lowest BCUT2D eigenvalue weighted by Gasteiger charge is -2.34. The molecule has 1 saturated heterocycles. The minimum atomic E-state index is -0.103. The largest absolute Gasteiger partial charge is 0.354 e. The second-order valence-electron chi connectivity index (χ2n) is 8.76. The smallest absolute Gasteiger partial charge is 0.240 e. The van der Waals surface area contributed by atoms with Crippen LogP contribution in [0.4, 0.5) is 5.82 Å². The molecule has 2 aliphatic rings. The third-order valence-corrected chi connectivity index (χ3v) is 6.95. The van der Waals surface area contributed by atoms with Crippen LogP contribution in [0.25, 0.3) is 0 Å². The Morgan fingerprint density at radius 2 is 1.74 bits per heavy atom. The molecule has 31 heavy (non-hydrogen) atoms. The number of piperazine rings is 1. The number of halogens is 1. The molecular formula is C24H28ClN5O. The van der Waals surface area contributed by atoms with Gasteiger partial charge in [-0.15, -0.1) is 0 Å². The predicted molar refractivity (Wildman–Crippen MR) is 121 cm³/mol. The maximum absolute atomic E-state index is 5.96. The number of nitrogens with zero attached hydrogens (tertiary/aromatic N) is 5. The van der Waals surface area contributed by atoms with Crippen LogP contribution >= 0.6 is 11.6 Å². The van der Waals surface area contributed by atoms with E-state index in [9.17, 15) is 0 Å². The molecule has 0 atom stereocenters. The van der Waals surface area contributed by atoms with Gasteiger partial charge in [-0.25, -0.2) is 4.98 Å². The lowest BCUT2D eigenvalue weighted by atomic mass is 9.78. The Morgan fingerprint density at radius 1 is 1.00 bits per heavy atom. The Kier molecular flexibility index (Phi) is 5.67. The second kappa shape index (κ2) is 8.60. The van der Waals surface area contributed by atoms with Crippen molar-refractivity contribution in [2.75, 3.05) is 31.1 Å². The van der Waals surface area contributed by atoms with Gasteiger partial charge in [0.25, 0.3) is 0 Å². The average Bonchev–Trinajstić information content (AvgIpc) is 3.46. The summed E-state index contributed by atoms with van der Waals surface area (Å²) in [7, 11) is 0. The van der Waals surface area contributed by atoms with E-state index in [0.717, 1.165) is 50.7 Å². The van der Waals surface area contributed by atoms with Crippen LogP contribution in [0.3, 0.4) is 0 Å². The van der Waals surface area contributed by atoms with E-state index in [2.05, 4.69) is 51.1 Å². The molecule has 0 N–H and O–H groups in total. The summed E-state index contributed by atoms with van der Waals surface area (Å²) in [4.78, 5) is 14.0. The molecule has 1 aliphatic heterocycles. The first-order valence-electron chi connectivity index (χ1n) is 11.1. The molecule has 0 amide bonds. The van der Waals surface area contributed by atoms with Gasteiger partial charge in [-0.1, -0.05) is 59.4 Å². The minimum absolute atomic E-state index is 0.103. The fourth-order valence-electron chi connectivity index (χ4n) is 4.89. The molecule has 0 radical (unpaired) electrons. The fourth-order valence-corrected chi connectivity index (χ4v) is 5.00. The van der Waals surface area contributed by atoms with E-state index in [4.69, 9.17) is 21.1 Å². The highest BCUT2D eigenvalue weighted by atomic mass is 35.5. The molecule has 2 aromatic heterocycles. The topological polar surface area (TPSA) is 58.3 Å². The Bertz CT molecular complexity index is 1000. The van der Waals surface area contributed by atoms with E-state index < -0.39 is 0 Å². The molecule has 1 aliphatic carbocycles. The van der Waals surface area contributed by atoms with Gasteiger partial charge in [0.2, 0.25) is 5.89 Å². The van der Waals surface area contributed by atoms with Crippen molar-refractivity contribution in [1.82, 2.24) is 20.0 Å². The van der Waals surface area contributed by atoms with Crippen molar-refractivity contribution in [2.45, 2.75) is 44.6 Å². The minimum Gasteiger partial charge on any atom is -0.354 e. The van der Waals surface area contributed by atoms with Gasteiger partial charge in [-0.05, 0) is 37.5 Å². The molecule has 0 unspecified atom stereocenters. The van der Waals surface area contributed by atoms with E-state index in [0.29, 0.717) is 17.5 Å². The van der Waals surface area contributed by atoms with Crippen LogP contribution in [0.1, 0.15) is 48.5 Å². The molecule has 2 fully saturated rings. The number of aromatic nitrogens is 3. The predicted octanol–water partition coefficient (Wildman–Crippen LogP) is 4.61. The lowest BCUT2D eigenvalue weighted by molar-refractivity contribution is 0.214. The van der Waals surface area contributed by atoms with E-state index in [1.807, 2.05) is 12.1 Å². The number of hydrogen-bond acceptors (Lipinski definition) is 6. The quantitative estimate of drug-likeness (QED) is 0.581. The summed E-state index contributed by atoms with van der Waals surface area (Å²) in [6.07, 6.45) is 6.29. The summed E-state index contributed by atoms with van der Waals surface area (Å²) < 4.78 is 5.73. The van der Waals surface area contributed by atoms with Crippen LogP contribution in [0.15, 0.2) is 47.1 Å². The molecule has 6 nitrogen and oxygen atoms in total. The van der Waals surface area contributed by atoms with Gasteiger partial charge in [-0.3, -0.25) is 4.90 Å². The standard InChI is InChI=1S/C24H28ClN5O/c1-18-4-6-19(7-5-18)24(10-2-3-11-24)23-27-22(31-28-23)17-29-12-14-30(15-13-29)21-9-8-20(25)16-26-21/h4-9,16H,2-3,10-15,17H2,1H3. The second-order valence-corrected chi connectivity index (χ2v) is 9.20. The van der Waals surface area contributed by atoms with Crippen LogP contribution in [-0.4, -0.2) is 46.2 Å². The zero-order valence-corrected chi connectivity index (χ0v) is 18.7. The summed E-state index contributed by atoms with van der Waals surface area (Å²) in [5, 5.41) is 5.13. The van der Waals surface area contributed by atoms with Crippen molar-refractivity contribution in [3.05, 3.63) is 70.5 Å². The van der Waals surface area contributed by atoms with Crippen molar-refractivity contribution < 1.29 is 4.52 Å². The highest BCUT2D eigenvalue weighted by Gasteiger charge is 2.41. The zero-order chi connectivity index (χ0) is 21.3. The SMILES string of the molecule is Cc1ccc(C2(c3noc(CN4CCN(c5ccc(Cl)cn5)CC4)n3)CCCC2)cc1. The average molecular weight is 438 g/mol. The van der Waals surface area contributed by atoms with E-state index in [1.54, 1.807) is 6.20 Å². The Hall–Kier alpha value is -2.44. The van der Waals surface area contributed by atoms with Crippen LogP contribution in [0.2, 0.25) is 5.02 Å². The Labute approximate surface area is 188 Å². The highest BCUT2D eigenvalue weighted by Crippen LogP contribution is 2.45. The van der Waals surface area contributed by atoms with E-state index >= 15 is 0 Å². The first-order chi connectivity index (χ1) is 15.1. The van der Waals surface area contributed by atoms with Gasteiger partial charge in [0, 0.05) is 32.4 Å². The molecule has 1 aromatic carbocycles. The summed E-state index contributed by atoms with van der Waals surface area (Å²) in [6, 6.07) is 12.7. The van der Waals surface area contributed by atoms with E-state index in [1.165, 1.54) is 24.0 Å². The molecule has 162 valence electrons. The van der Waals surface area contributed by atoms with Crippen LogP contribution in [0.5, 0.6) is 0 Å². The Morgan fingerprint density at radius 3 is 2.42 bits per heavy atom. The van der Waals surface area contributed by atoms with Crippen LogP contribution in [-0.2, 0) is 12.0 Å². The Balaban J connectivity index is 1.26. The first kappa shape index (κ1) is 20.5. The highest BCUT2D eigenvalue weighted by molar-refractivity contribution is 6.30. The van der Waals surface area contributed by atoms with Gasteiger partial charge >= 0.3 is 0 Å². The third kappa shape index (κ3) is 4.19. The number of pyridine rings is 1. The molecule has 0 bridgehead atoms. The van der Waals surface area contributed by atoms with Crippen molar-refractivity contribution in [1.29, 1.82) is 0 Å². The molecule has 7 heteroatoms. The molecule has 3 aromatic rings. The van der Waals surface area contributed by atoms with Gasteiger partial charge in [0.1, 0.15) is 5.82 Å². The van der Waals surface area contributed by atoms with Crippen molar-refractivity contribution in [3.8, 4) is 0 Å². The molecule has 0 spiro atoms. The third-order valence-electron chi connectivity index (χ3n) is 6.72. The van der Waals surface area contributed by atoms with Gasteiger partial charge in [0.15, 0.2) is 5.82 Å². The summed E-state index contributed by atoms with van der Waals surface area (Å²) in [5.74, 6) is 2.55. The van der Waals surface area contributed by atoms with Gasteiger partial charge in [-0.2, -0.15) is 4.98 Å². The number of anilines is 1. The first-order valence-corrected chi connectivity index (χ1v) is 11.5. The number of aryl methyl sites for hydroxylation is 1. The monoisotopic (exact) mass is 437 g/mol. The van der Waals surface area contributed by atoms with Crippen molar-refractivity contribution in [3.63, 3.8) is 0 Å². The van der Waals surface area contributed by atoms with Crippen LogP contribution in [0, 0.1) is 6.92 Å².